The topological polar surface area (TPSA) is 103 Å². The van der Waals surface area contributed by atoms with Gasteiger partial charge in [0.05, 0.1) is 6.54 Å². The standard InChI is InChI=1S/C23H25N3O5/c1-15(20(27)16-6-8-17(9-7-16)25-22(29)23(2,3)4)30-21(28)19-11-10-18(31-19)14-26-13-5-12-24-26/h5-13,15H,14H2,1-4H3,(H,25,29). The molecule has 1 unspecified atom stereocenters. The third kappa shape index (κ3) is 5.69. The molecule has 8 heteroatoms. The van der Waals surface area contributed by atoms with Gasteiger partial charge in [0.25, 0.3) is 0 Å². The van der Waals surface area contributed by atoms with Crippen molar-refractivity contribution in [2.24, 2.45) is 5.41 Å². The van der Waals surface area contributed by atoms with Crippen molar-refractivity contribution in [3.8, 4) is 0 Å². The average molecular weight is 423 g/mol. The van der Waals surface area contributed by atoms with E-state index in [4.69, 9.17) is 9.15 Å². The van der Waals surface area contributed by atoms with E-state index in [2.05, 4.69) is 10.4 Å². The van der Waals surface area contributed by atoms with Crippen LogP contribution in [-0.2, 0) is 16.1 Å². The number of rotatable bonds is 7. The lowest BCUT2D eigenvalue weighted by molar-refractivity contribution is -0.123. The molecule has 0 saturated heterocycles. The Bertz CT molecular complexity index is 1060. The van der Waals surface area contributed by atoms with Crippen LogP contribution in [-0.4, -0.2) is 33.5 Å². The molecule has 1 amide bonds. The first kappa shape index (κ1) is 22.0. The number of furan rings is 1. The number of carbonyl (C=O) groups is 3. The summed E-state index contributed by atoms with van der Waals surface area (Å²) in [5.74, 6) is -0.643. The Labute approximate surface area is 180 Å². The summed E-state index contributed by atoms with van der Waals surface area (Å²) in [5, 5.41) is 6.87. The van der Waals surface area contributed by atoms with E-state index in [1.807, 2.05) is 20.8 Å². The van der Waals surface area contributed by atoms with Gasteiger partial charge in [0.15, 0.2) is 6.10 Å². The van der Waals surface area contributed by atoms with E-state index in [1.165, 1.54) is 13.0 Å². The van der Waals surface area contributed by atoms with Crippen molar-refractivity contribution in [1.29, 1.82) is 0 Å². The molecule has 2 aromatic heterocycles. The van der Waals surface area contributed by atoms with Gasteiger partial charge in [-0.3, -0.25) is 14.3 Å². The molecule has 3 aromatic rings. The highest BCUT2D eigenvalue weighted by Gasteiger charge is 2.23. The maximum absolute atomic E-state index is 12.6. The summed E-state index contributed by atoms with van der Waals surface area (Å²) < 4.78 is 12.4. The molecule has 1 N–H and O–H groups in total. The monoisotopic (exact) mass is 423 g/mol. The van der Waals surface area contributed by atoms with Gasteiger partial charge in [0.1, 0.15) is 5.76 Å². The summed E-state index contributed by atoms with van der Waals surface area (Å²) in [6.07, 6.45) is 2.43. The van der Waals surface area contributed by atoms with Crippen molar-refractivity contribution in [3.63, 3.8) is 0 Å². The highest BCUT2D eigenvalue weighted by Crippen LogP contribution is 2.19. The number of benzene rings is 1. The molecule has 0 radical (unpaired) electrons. The fourth-order valence-electron chi connectivity index (χ4n) is 2.67. The van der Waals surface area contributed by atoms with E-state index in [9.17, 15) is 14.4 Å². The van der Waals surface area contributed by atoms with E-state index >= 15 is 0 Å². The van der Waals surface area contributed by atoms with E-state index in [1.54, 1.807) is 53.5 Å². The van der Waals surface area contributed by atoms with Crippen molar-refractivity contribution in [2.45, 2.75) is 40.3 Å². The first-order valence-corrected chi connectivity index (χ1v) is 9.86. The molecular formula is C23H25N3O5. The number of hydrogen-bond donors (Lipinski definition) is 1. The lowest BCUT2D eigenvalue weighted by Crippen LogP contribution is -2.27. The zero-order valence-electron chi connectivity index (χ0n) is 17.9. The average Bonchev–Trinajstić information content (AvgIpc) is 3.40. The fourth-order valence-corrected chi connectivity index (χ4v) is 2.67. The highest BCUT2D eigenvalue weighted by molar-refractivity contribution is 6.01. The molecule has 0 bridgehead atoms. The number of amides is 1. The lowest BCUT2D eigenvalue weighted by Gasteiger charge is -2.18. The van der Waals surface area contributed by atoms with Gasteiger partial charge in [0, 0.05) is 29.1 Å². The Morgan fingerprint density at radius 1 is 1.13 bits per heavy atom. The number of aromatic nitrogens is 2. The Kier molecular flexibility index (Phi) is 6.39. The zero-order valence-corrected chi connectivity index (χ0v) is 17.9. The van der Waals surface area contributed by atoms with Crippen LogP contribution in [0.3, 0.4) is 0 Å². The Balaban J connectivity index is 1.58. The minimum absolute atomic E-state index is 0.0158. The highest BCUT2D eigenvalue weighted by atomic mass is 16.6. The Hall–Kier alpha value is -3.68. The number of Topliss-reactive ketones (excluding diaryl/α,β-unsaturated/α-hetero) is 1. The molecule has 3 rings (SSSR count). The summed E-state index contributed by atoms with van der Waals surface area (Å²) in [4.78, 5) is 37.0. The molecule has 31 heavy (non-hydrogen) atoms. The molecule has 2 heterocycles. The van der Waals surface area contributed by atoms with Gasteiger partial charge in [-0.1, -0.05) is 20.8 Å². The van der Waals surface area contributed by atoms with E-state index < -0.39 is 17.5 Å². The van der Waals surface area contributed by atoms with Crippen molar-refractivity contribution < 1.29 is 23.5 Å². The van der Waals surface area contributed by atoms with Crippen LogP contribution in [0.1, 0.15) is 54.4 Å². The number of ketones is 1. The Morgan fingerprint density at radius 3 is 2.45 bits per heavy atom. The summed E-state index contributed by atoms with van der Waals surface area (Å²) in [6, 6.07) is 11.4. The summed E-state index contributed by atoms with van der Waals surface area (Å²) in [5.41, 5.74) is 0.427. The van der Waals surface area contributed by atoms with Crippen LogP contribution in [0.4, 0.5) is 5.69 Å². The SMILES string of the molecule is CC(OC(=O)c1ccc(Cn2cccn2)o1)C(=O)c1ccc(NC(=O)C(C)(C)C)cc1. The molecule has 0 saturated carbocycles. The van der Waals surface area contributed by atoms with Crippen LogP contribution in [0.2, 0.25) is 0 Å². The number of hydrogen-bond acceptors (Lipinski definition) is 6. The van der Waals surface area contributed by atoms with Crippen LogP contribution in [0, 0.1) is 5.41 Å². The molecule has 8 nitrogen and oxygen atoms in total. The second-order valence-electron chi connectivity index (χ2n) is 8.16. The normalized spacial score (nSPS) is 12.3. The number of carbonyl (C=O) groups excluding carboxylic acids is 3. The van der Waals surface area contributed by atoms with E-state index in [0.29, 0.717) is 23.6 Å². The van der Waals surface area contributed by atoms with Gasteiger partial charge in [0.2, 0.25) is 17.5 Å². The van der Waals surface area contributed by atoms with Crippen LogP contribution in [0.15, 0.2) is 59.3 Å². The predicted octanol–water partition coefficient (Wildman–Crippen LogP) is 3.94. The molecule has 0 fully saturated rings. The van der Waals surface area contributed by atoms with Gasteiger partial charge >= 0.3 is 5.97 Å². The summed E-state index contributed by atoms with van der Waals surface area (Å²) >= 11 is 0. The van der Waals surface area contributed by atoms with Gasteiger partial charge in [-0.2, -0.15) is 5.10 Å². The molecular weight excluding hydrogens is 398 g/mol. The second kappa shape index (κ2) is 8.99. The quantitative estimate of drug-likeness (QED) is 0.456. The fraction of sp³-hybridized carbons (Fsp3) is 0.304. The van der Waals surface area contributed by atoms with Crippen LogP contribution in [0.5, 0.6) is 0 Å². The first-order chi connectivity index (χ1) is 14.6. The largest absolute Gasteiger partial charge is 0.452 e. The van der Waals surface area contributed by atoms with E-state index in [0.717, 1.165) is 0 Å². The third-order valence-electron chi connectivity index (χ3n) is 4.50. The zero-order chi connectivity index (χ0) is 22.6. The van der Waals surface area contributed by atoms with Gasteiger partial charge in [-0.25, -0.2) is 4.79 Å². The summed E-state index contributed by atoms with van der Waals surface area (Å²) in [6.45, 7) is 7.33. The molecule has 162 valence electrons. The molecule has 0 spiro atoms. The second-order valence-corrected chi connectivity index (χ2v) is 8.16. The molecule has 1 atom stereocenters. The third-order valence-corrected chi connectivity index (χ3v) is 4.50. The maximum Gasteiger partial charge on any atom is 0.374 e. The number of anilines is 1. The summed E-state index contributed by atoms with van der Waals surface area (Å²) in [7, 11) is 0. The van der Waals surface area contributed by atoms with Crippen molar-refractivity contribution in [3.05, 3.63) is 71.9 Å². The van der Waals surface area contributed by atoms with Gasteiger partial charge in [-0.15, -0.1) is 0 Å². The molecule has 0 aliphatic rings. The molecule has 0 aliphatic heterocycles. The lowest BCUT2D eigenvalue weighted by atomic mass is 9.95. The van der Waals surface area contributed by atoms with Crippen LogP contribution < -0.4 is 5.32 Å². The van der Waals surface area contributed by atoms with Crippen molar-refractivity contribution in [2.75, 3.05) is 5.32 Å². The van der Waals surface area contributed by atoms with Crippen molar-refractivity contribution >= 4 is 23.3 Å². The van der Waals surface area contributed by atoms with Crippen LogP contribution in [0.25, 0.3) is 0 Å². The number of esters is 1. The maximum atomic E-state index is 12.6. The minimum atomic E-state index is -0.998. The predicted molar refractivity (Wildman–Crippen MR) is 114 cm³/mol. The van der Waals surface area contributed by atoms with Gasteiger partial charge in [-0.05, 0) is 49.4 Å². The van der Waals surface area contributed by atoms with E-state index in [-0.39, 0.29) is 17.5 Å². The number of nitrogens with zero attached hydrogens (tertiary/aromatic N) is 2. The van der Waals surface area contributed by atoms with Crippen molar-refractivity contribution in [1.82, 2.24) is 9.78 Å². The van der Waals surface area contributed by atoms with Gasteiger partial charge < -0.3 is 14.5 Å². The van der Waals surface area contributed by atoms with Crippen LogP contribution >= 0.6 is 0 Å². The minimum Gasteiger partial charge on any atom is -0.452 e. The number of nitrogens with one attached hydrogen (secondary N) is 1. The Morgan fingerprint density at radius 2 is 1.84 bits per heavy atom. The smallest absolute Gasteiger partial charge is 0.374 e. The number of ether oxygens (including phenoxy) is 1. The molecule has 0 aliphatic carbocycles. The first-order valence-electron chi connectivity index (χ1n) is 9.86. The molecule has 1 aromatic carbocycles.